The Kier molecular flexibility index (Phi) is 6.16. The minimum absolute atomic E-state index is 0.168. The number of nitrogens with zero attached hydrogens (tertiary/aromatic N) is 1. The van der Waals surface area contributed by atoms with Gasteiger partial charge in [-0.2, -0.15) is 0 Å². The number of hydrogen-bond acceptors (Lipinski definition) is 2. The Bertz CT molecular complexity index is 309. The van der Waals surface area contributed by atoms with E-state index in [9.17, 15) is 4.39 Å². The van der Waals surface area contributed by atoms with Crippen molar-refractivity contribution in [3.63, 3.8) is 0 Å². The molecule has 1 aromatic carbocycles. The Hall–Kier alpha value is -0.930. The van der Waals surface area contributed by atoms with Crippen LogP contribution in [-0.4, -0.2) is 31.1 Å². The Morgan fingerprint density at radius 1 is 1.24 bits per heavy atom. The third-order valence-electron chi connectivity index (χ3n) is 2.89. The summed E-state index contributed by atoms with van der Waals surface area (Å²) in [5.74, 6) is -0.168. The fourth-order valence-electron chi connectivity index (χ4n) is 1.77. The van der Waals surface area contributed by atoms with Gasteiger partial charge in [0.25, 0.3) is 0 Å². The highest BCUT2D eigenvalue weighted by atomic mass is 19.1. The maximum Gasteiger partial charge on any atom is 0.123 e. The molecule has 96 valence electrons. The molecule has 3 heteroatoms. The number of rotatable bonds is 7. The molecule has 1 rings (SSSR count). The van der Waals surface area contributed by atoms with Crippen LogP contribution in [-0.2, 0) is 6.42 Å². The first-order valence-corrected chi connectivity index (χ1v) is 6.26. The molecule has 0 aliphatic heterocycles. The van der Waals surface area contributed by atoms with Gasteiger partial charge in [0.05, 0.1) is 0 Å². The van der Waals surface area contributed by atoms with E-state index in [1.165, 1.54) is 17.7 Å². The van der Waals surface area contributed by atoms with Crippen molar-refractivity contribution in [1.82, 2.24) is 4.90 Å². The topological polar surface area (TPSA) is 29.3 Å². The second-order valence-electron chi connectivity index (χ2n) is 4.80. The van der Waals surface area contributed by atoms with Crippen LogP contribution in [0, 0.1) is 5.82 Å². The molecule has 0 bridgehead atoms. The Morgan fingerprint density at radius 3 is 2.47 bits per heavy atom. The second-order valence-corrected chi connectivity index (χ2v) is 4.80. The van der Waals surface area contributed by atoms with Crippen LogP contribution < -0.4 is 5.73 Å². The van der Waals surface area contributed by atoms with E-state index in [0.29, 0.717) is 6.04 Å². The maximum atomic E-state index is 12.7. The van der Waals surface area contributed by atoms with E-state index in [0.717, 1.165) is 32.4 Å². The quantitative estimate of drug-likeness (QED) is 0.790. The molecule has 0 saturated heterocycles. The van der Waals surface area contributed by atoms with Gasteiger partial charge < -0.3 is 10.6 Å². The lowest BCUT2D eigenvalue weighted by molar-refractivity contribution is 0.326. The van der Waals surface area contributed by atoms with Gasteiger partial charge in [-0.15, -0.1) is 0 Å². The zero-order valence-corrected chi connectivity index (χ0v) is 10.8. The van der Waals surface area contributed by atoms with Crippen LogP contribution in [0.2, 0.25) is 0 Å². The van der Waals surface area contributed by atoms with Crippen LogP contribution in [0.3, 0.4) is 0 Å². The molecule has 1 aromatic rings. The number of benzene rings is 1. The van der Waals surface area contributed by atoms with Crippen molar-refractivity contribution < 1.29 is 4.39 Å². The molecule has 2 N–H and O–H groups in total. The zero-order chi connectivity index (χ0) is 12.7. The Balaban J connectivity index is 2.19. The summed E-state index contributed by atoms with van der Waals surface area (Å²) in [7, 11) is 2.12. The van der Waals surface area contributed by atoms with Gasteiger partial charge in [0, 0.05) is 12.6 Å². The molecular weight excluding hydrogens is 215 g/mol. The van der Waals surface area contributed by atoms with Crippen LogP contribution in [0.15, 0.2) is 24.3 Å². The molecule has 0 saturated carbocycles. The first kappa shape index (κ1) is 14.1. The molecule has 2 nitrogen and oxygen atoms in total. The van der Waals surface area contributed by atoms with E-state index in [-0.39, 0.29) is 5.82 Å². The summed E-state index contributed by atoms with van der Waals surface area (Å²) >= 11 is 0. The Morgan fingerprint density at radius 2 is 1.88 bits per heavy atom. The molecule has 1 unspecified atom stereocenters. The van der Waals surface area contributed by atoms with Crippen molar-refractivity contribution in [3.05, 3.63) is 35.6 Å². The van der Waals surface area contributed by atoms with Gasteiger partial charge in [-0.25, -0.2) is 4.39 Å². The summed E-state index contributed by atoms with van der Waals surface area (Å²) in [6, 6.07) is 7.04. The lowest BCUT2D eigenvalue weighted by Crippen LogP contribution is -2.24. The predicted molar refractivity (Wildman–Crippen MR) is 70.5 cm³/mol. The second kappa shape index (κ2) is 7.41. The molecule has 0 aliphatic rings. The molecule has 0 amide bonds. The summed E-state index contributed by atoms with van der Waals surface area (Å²) in [6.45, 7) is 4.12. The van der Waals surface area contributed by atoms with Gasteiger partial charge in [-0.1, -0.05) is 12.1 Å². The monoisotopic (exact) mass is 238 g/mol. The molecule has 0 radical (unpaired) electrons. The van der Waals surface area contributed by atoms with Crippen molar-refractivity contribution in [3.8, 4) is 0 Å². The van der Waals surface area contributed by atoms with E-state index in [1.807, 2.05) is 19.1 Å². The third-order valence-corrected chi connectivity index (χ3v) is 2.89. The SMILES string of the molecule is CC(N)CCCN(C)CCc1ccc(F)cc1. The van der Waals surface area contributed by atoms with Crippen LogP contribution >= 0.6 is 0 Å². The van der Waals surface area contributed by atoms with Crippen molar-refractivity contribution in [2.24, 2.45) is 5.73 Å². The van der Waals surface area contributed by atoms with Gasteiger partial charge in [-0.05, 0) is 57.5 Å². The molecule has 0 spiro atoms. The lowest BCUT2D eigenvalue weighted by atomic mass is 10.1. The lowest BCUT2D eigenvalue weighted by Gasteiger charge is -2.17. The highest BCUT2D eigenvalue weighted by Gasteiger charge is 2.01. The van der Waals surface area contributed by atoms with Gasteiger partial charge in [-0.3, -0.25) is 0 Å². The van der Waals surface area contributed by atoms with Crippen LogP contribution in [0.5, 0.6) is 0 Å². The molecule has 0 aromatic heterocycles. The van der Waals surface area contributed by atoms with E-state index in [4.69, 9.17) is 5.73 Å². The van der Waals surface area contributed by atoms with Crippen molar-refractivity contribution in [1.29, 1.82) is 0 Å². The largest absolute Gasteiger partial charge is 0.328 e. The standard InChI is InChI=1S/C14H23FN2/c1-12(16)4-3-10-17(2)11-9-13-5-7-14(15)8-6-13/h5-8,12H,3-4,9-11,16H2,1-2H3. The van der Waals surface area contributed by atoms with Crippen molar-refractivity contribution in [2.45, 2.75) is 32.2 Å². The number of halogens is 1. The summed E-state index contributed by atoms with van der Waals surface area (Å²) in [5.41, 5.74) is 6.89. The van der Waals surface area contributed by atoms with Gasteiger partial charge in [0.15, 0.2) is 0 Å². The maximum absolute atomic E-state index is 12.7. The summed E-state index contributed by atoms with van der Waals surface area (Å²) < 4.78 is 12.7. The van der Waals surface area contributed by atoms with Crippen LogP contribution in [0.4, 0.5) is 4.39 Å². The molecule has 0 fully saturated rings. The smallest absolute Gasteiger partial charge is 0.123 e. The normalized spacial score (nSPS) is 13.0. The Labute approximate surface area is 104 Å². The van der Waals surface area contributed by atoms with E-state index >= 15 is 0 Å². The van der Waals surface area contributed by atoms with E-state index in [1.54, 1.807) is 0 Å². The summed E-state index contributed by atoms with van der Waals surface area (Å²) in [6.07, 6.45) is 3.17. The molecule has 1 atom stereocenters. The van der Waals surface area contributed by atoms with Crippen molar-refractivity contribution >= 4 is 0 Å². The molecule has 0 aliphatic carbocycles. The van der Waals surface area contributed by atoms with Gasteiger partial charge in [0.2, 0.25) is 0 Å². The van der Waals surface area contributed by atoms with Crippen LogP contribution in [0.25, 0.3) is 0 Å². The number of likely N-dealkylation sites (N-methyl/N-ethyl adjacent to an activating group) is 1. The number of hydrogen-bond donors (Lipinski definition) is 1. The van der Waals surface area contributed by atoms with E-state index < -0.39 is 0 Å². The van der Waals surface area contributed by atoms with Crippen LogP contribution in [0.1, 0.15) is 25.3 Å². The molecule has 0 heterocycles. The minimum atomic E-state index is -0.168. The van der Waals surface area contributed by atoms with E-state index in [2.05, 4.69) is 11.9 Å². The first-order chi connectivity index (χ1) is 8.08. The molecular formula is C14H23FN2. The first-order valence-electron chi connectivity index (χ1n) is 6.26. The average Bonchev–Trinajstić information content (AvgIpc) is 2.28. The summed E-state index contributed by atoms with van der Waals surface area (Å²) in [4.78, 5) is 2.30. The predicted octanol–water partition coefficient (Wildman–Crippen LogP) is 2.43. The minimum Gasteiger partial charge on any atom is -0.328 e. The number of nitrogens with two attached hydrogens (primary N) is 1. The molecule has 17 heavy (non-hydrogen) atoms. The van der Waals surface area contributed by atoms with Crippen molar-refractivity contribution in [2.75, 3.05) is 20.1 Å². The highest BCUT2D eigenvalue weighted by molar-refractivity contribution is 5.16. The summed E-state index contributed by atoms with van der Waals surface area (Å²) in [5, 5.41) is 0. The highest BCUT2D eigenvalue weighted by Crippen LogP contribution is 2.04. The zero-order valence-electron chi connectivity index (χ0n) is 10.8. The fourth-order valence-corrected chi connectivity index (χ4v) is 1.77. The fraction of sp³-hybridized carbons (Fsp3) is 0.571. The third kappa shape index (κ3) is 6.39. The van der Waals surface area contributed by atoms with Gasteiger partial charge >= 0.3 is 0 Å². The van der Waals surface area contributed by atoms with Gasteiger partial charge in [0.1, 0.15) is 5.82 Å². The average molecular weight is 238 g/mol.